The first kappa shape index (κ1) is 19.0. The summed E-state index contributed by atoms with van der Waals surface area (Å²) in [5, 5.41) is 9.64. The van der Waals surface area contributed by atoms with Gasteiger partial charge in [-0.25, -0.2) is 4.98 Å². The van der Waals surface area contributed by atoms with E-state index in [4.69, 9.17) is 9.47 Å². The number of nitrogens with zero attached hydrogens (tertiary/aromatic N) is 2. The van der Waals surface area contributed by atoms with Gasteiger partial charge < -0.3 is 14.5 Å². The molecule has 0 aliphatic heterocycles. The van der Waals surface area contributed by atoms with Gasteiger partial charge in [-0.2, -0.15) is 5.26 Å². The third-order valence-corrected chi connectivity index (χ3v) is 4.72. The second-order valence-electron chi connectivity index (χ2n) is 5.91. The quantitative estimate of drug-likeness (QED) is 0.308. The lowest BCUT2D eigenvalue weighted by Gasteiger charge is -2.12. The van der Waals surface area contributed by atoms with Gasteiger partial charge in [-0.3, -0.25) is 0 Å². The lowest BCUT2D eigenvalue weighted by atomic mass is 10.1. The first-order chi connectivity index (χ1) is 13.0. The first-order valence-corrected chi connectivity index (χ1v) is 9.33. The molecule has 0 radical (unpaired) electrons. The Morgan fingerprint density at radius 1 is 1.37 bits per heavy atom. The molecule has 27 heavy (non-hydrogen) atoms. The van der Waals surface area contributed by atoms with Crippen molar-refractivity contribution in [3.63, 3.8) is 0 Å². The highest BCUT2D eigenvalue weighted by atomic mass is 127. The maximum Gasteiger partial charge on any atom is 0.174 e. The van der Waals surface area contributed by atoms with Crippen LogP contribution in [0.2, 0.25) is 0 Å². The van der Waals surface area contributed by atoms with E-state index < -0.39 is 0 Å². The summed E-state index contributed by atoms with van der Waals surface area (Å²) in [6.07, 6.45) is 3.47. The fraction of sp³-hybridized carbons (Fsp3) is 0.143. The van der Waals surface area contributed by atoms with Gasteiger partial charge in [0.05, 0.1) is 27.3 Å². The zero-order chi connectivity index (χ0) is 19.4. The average molecular weight is 471 g/mol. The van der Waals surface area contributed by atoms with Crippen LogP contribution < -0.4 is 9.47 Å². The highest BCUT2D eigenvalue weighted by Crippen LogP contribution is 2.35. The third-order valence-electron chi connectivity index (χ3n) is 3.92. The van der Waals surface area contributed by atoms with Crippen LogP contribution in [0.3, 0.4) is 0 Å². The number of imidazole rings is 1. The highest BCUT2D eigenvalue weighted by molar-refractivity contribution is 14.1. The Labute approximate surface area is 171 Å². The van der Waals surface area contributed by atoms with Crippen molar-refractivity contribution in [3.05, 3.63) is 63.5 Å². The molecule has 0 fully saturated rings. The van der Waals surface area contributed by atoms with E-state index in [1.54, 1.807) is 19.3 Å². The van der Waals surface area contributed by atoms with E-state index in [-0.39, 0.29) is 0 Å². The number of hydrogen-bond acceptors (Lipinski definition) is 4. The molecule has 1 aromatic heterocycles. The molecule has 0 aliphatic carbocycles. The summed E-state index contributed by atoms with van der Waals surface area (Å²) in [5.74, 6) is 1.81. The normalized spacial score (nSPS) is 11.3. The van der Waals surface area contributed by atoms with Gasteiger partial charge in [-0.1, -0.05) is 18.7 Å². The van der Waals surface area contributed by atoms with Crippen LogP contribution in [0, 0.1) is 21.8 Å². The second kappa shape index (κ2) is 8.27. The molecule has 136 valence electrons. The van der Waals surface area contributed by atoms with E-state index in [1.165, 1.54) is 0 Å². The monoisotopic (exact) mass is 471 g/mol. The van der Waals surface area contributed by atoms with E-state index in [9.17, 15) is 5.26 Å². The fourth-order valence-corrected chi connectivity index (χ4v) is 3.46. The SMILES string of the molecule is C=CCOc1c(I)cc(/C=C(\C#N)c2nc3ccc(C)cc3[nH]2)cc1OC. The number of ether oxygens (including phenoxy) is 2. The van der Waals surface area contributed by atoms with Crippen molar-refractivity contribution in [3.8, 4) is 17.6 Å². The van der Waals surface area contributed by atoms with Crippen LogP contribution in [-0.4, -0.2) is 23.7 Å². The molecule has 0 unspecified atom stereocenters. The number of benzene rings is 2. The third kappa shape index (κ3) is 4.14. The standard InChI is InChI=1S/C21H18IN3O2/c1-4-7-27-20-16(22)10-14(11-19(20)26-3)9-15(12-23)21-24-17-6-5-13(2)8-18(17)25-21/h4-6,8-11H,1,7H2,2-3H3,(H,24,25)/b15-9+. The minimum atomic E-state index is 0.392. The number of allylic oxidation sites excluding steroid dienone is 1. The number of fused-ring (bicyclic) bond motifs is 1. The summed E-state index contributed by atoms with van der Waals surface area (Å²) in [7, 11) is 1.59. The van der Waals surface area contributed by atoms with Gasteiger partial charge >= 0.3 is 0 Å². The molecule has 0 saturated carbocycles. The minimum Gasteiger partial charge on any atom is -0.493 e. The van der Waals surface area contributed by atoms with Gasteiger partial charge in [0, 0.05) is 0 Å². The molecule has 0 atom stereocenters. The van der Waals surface area contributed by atoms with Crippen LogP contribution in [0.1, 0.15) is 17.0 Å². The molecule has 3 aromatic rings. The number of methoxy groups -OCH3 is 1. The predicted molar refractivity (Wildman–Crippen MR) is 116 cm³/mol. The Balaban J connectivity index is 2.03. The van der Waals surface area contributed by atoms with Crippen molar-refractivity contribution in [2.24, 2.45) is 0 Å². The molecule has 0 spiro atoms. The number of aromatic amines is 1. The molecule has 5 nitrogen and oxygen atoms in total. The predicted octanol–water partition coefficient (Wildman–Crippen LogP) is 5.11. The Kier molecular flexibility index (Phi) is 5.81. The van der Waals surface area contributed by atoms with Crippen LogP contribution in [0.15, 0.2) is 43.0 Å². The van der Waals surface area contributed by atoms with Gasteiger partial charge in [0.2, 0.25) is 0 Å². The molecule has 2 aromatic carbocycles. The summed E-state index contributed by atoms with van der Waals surface area (Å²) in [4.78, 5) is 7.75. The van der Waals surface area contributed by atoms with Crippen LogP contribution in [-0.2, 0) is 0 Å². The largest absolute Gasteiger partial charge is 0.493 e. The van der Waals surface area contributed by atoms with E-state index >= 15 is 0 Å². The van der Waals surface area contributed by atoms with Gasteiger partial charge in [0.15, 0.2) is 11.5 Å². The molecule has 0 bridgehead atoms. The summed E-state index contributed by atoms with van der Waals surface area (Å²) < 4.78 is 12.0. The van der Waals surface area contributed by atoms with Gasteiger partial charge in [-0.15, -0.1) is 0 Å². The Hall–Kier alpha value is -2.79. The summed E-state index contributed by atoms with van der Waals surface area (Å²) in [6.45, 7) is 6.07. The van der Waals surface area contributed by atoms with Crippen molar-refractivity contribution in [1.82, 2.24) is 9.97 Å². The number of nitrogens with one attached hydrogen (secondary N) is 1. The average Bonchev–Trinajstić information content (AvgIpc) is 3.07. The fourth-order valence-electron chi connectivity index (χ4n) is 2.68. The van der Waals surface area contributed by atoms with Crippen molar-refractivity contribution >= 4 is 45.3 Å². The minimum absolute atomic E-state index is 0.392. The molecule has 0 saturated heterocycles. The topological polar surface area (TPSA) is 70.9 Å². The van der Waals surface area contributed by atoms with E-state index in [0.29, 0.717) is 29.5 Å². The van der Waals surface area contributed by atoms with Crippen LogP contribution in [0.4, 0.5) is 0 Å². The Morgan fingerprint density at radius 2 is 2.19 bits per heavy atom. The van der Waals surface area contributed by atoms with Crippen LogP contribution >= 0.6 is 22.6 Å². The zero-order valence-corrected chi connectivity index (χ0v) is 17.2. The van der Waals surface area contributed by atoms with Crippen molar-refractivity contribution in [2.45, 2.75) is 6.92 Å². The van der Waals surface area contributed by atoms with Crippen LogP contribution in [0.5, 0.6) is 11.5 Å². The number of rotatable bonds is 6. The Bertz CT molecular complexity index is 1080. The van der Waals surface area contributed by atoms with Crippen molar-refractivity contribution < 1.29 is 9.47 Å². The lowest BCUT2D eigenvalue weighted by molar-refractivity contribution is 0.324. The van der Waals surface area contributed by atoms with E-state index in [2.05, 4.69) is 45.2 Å². The number of hydrogen-bond donors (Lipinski definition) is 1. The lowest BCUT2D eigenvalue weighted by Crippen LogP contribution is -1.99. The molecule has 0 amide bonds. The number of nitriles is 1. The second-order valence-corrected chi connectivity index (χ2v) is 7.07. The van der Waals surface area contributed by atoms with Gasteiger partial charge in [0.25, 0.3) is 0 Å². The van der Waals surface area contributed by atoms with Crippen molar-refractivity contribution in [2.75, 3.05) is 13.7 Å². The summed E-state index contributed by atoms with van der Waals surface area (Å²) >= 11 is 2.19. The number of aromatic nitrogens is 2. The van der Waals surface area contributed by atoms with Crippen LogP contribution in [0.25, 0.3) is 22.7 Å². The molecule has 3 rings (SSSR count). The maximum atomic E-state index is 9.64. The smallest absolute Gasteiger partial charge is 0.174 e. The van der Waals surface area contributed by atoms with Crippen molar-refractivity contribution in [1.29, 1.82) is 5.26 Å². The Morgan fingerprint density at radius 3 is 2.89 bits per heavy atom. The molecular formula is C21H18IN3O2. The maximum absolute atomic E-state index is 9.64. The number of halogens is 1. The molecule has 1 heterocycles. The summed E-state index contributed by atoms with van der Waals surface area (Å²) in [5.41, 5.74) is 4.15. The zero-order valence-electron chi connectivity index (χ0n) is 15.0. The molecule has 1 N–H and O–H groups in total. The highest BCUT2D eigenvalue weighted by Gasteiger charge is 2.13. The number of H-pyrrole nitrogens is 1. The van der Waals surface area contributed by atoms with E-state index in [1.807, 2.05) is 37.3 Å². The molecule has 0 aliphatic rings. The number of aryl methyl sites for hydroxylation is 1. The summed E-state index contributed by atoms with van der Waals surface area (Å²) in [6, 6.07) is 12.0. The first-order valence-electron chi connectivity index (χ1n) is 8.25. The van der Waals surface area contributed by atoms with E-state index in [0.717, 1.165) is 25.7 Å². The van der Waals surface area contributed by atoms with Gasteiger partial charge in [0.1, 0.15) is 18.5 Å². The molecule has 6 heteroatoms. The van der Waals surface area contributed by atoms with Gasteiger partial charge in [-0.05, 0) is 71.0 Å². The molecular weight excluding hydrogens is 453 g/mol.